The zero-order valence-electron chi connectivity index (χ0n) is 26.6. The summed E-state index contributed by atoms with van der Waals surface area (Å²) in [6.07, 6.45) is 6.81. The number of anilines is 1. The second-order valence-corrected chi connectivity index (χ2v) is 13.1. The fraction of sp³-hybridized carbons (Fsp3) is 0.459. The number of carbonyl (C=O) groups excluding carboxylic acids is 2. The van der Waals surface area contributed by atoms with E-state index >= 15 is 0 Å². The Labute approximate surface area is 261 Å². The molecule has 0 aromatic heterocycles. The molecule has 1 fully saturated rings. The molecule has 7 heteroatoms. The highest BCUT2D eigenvalue weighted by atomic mass is 16.5. The maximum Gasteiger partial charge on any atom is 0.316 e. The van der Waals surface area contributed by atoms with Crippen LogP contribution in [0.4, 0.5) is 5.69 Å². The molecule has 0 bridgehead atoms. The molecule has 1 atom stereocenters. The Hall–Kier alpha value is -3.84. The molecule has 1 unspecified atom stereocenters. The summed E-state index contributed by atoms with van der Waals surface area (Å²) in [4.78, 5) is 28.0. The number of amides is 1. The molecule has 5 rings (SSSR count). The Balaban J connectivity index is 1.20. The largest absolute Gasteiger partial charge is 0.497 e. The Kier molecular flexibility index (Phi) is 10.3. The van der Waals surface area contributed by atoms with E-state index in [0.717, 1.165) is 61.5 Å². The minimum atomic E-state index is -0.555. The Morgan fingerprint density at radius 1 is 0.886 bits per heavy atom. The van der Waals surface area contributed by atoms with E-state index in [1.807, 2.05) is 69.3 Å². The topological polar surface area (TPSA) is 77.1 Å². The van der Waals surface area contributed by atoms with Crippen molar-refractivity contribution in [3.05, 3.63) is 82.9 Å². The SMILES string of the molecule is COc1ccc(C2CCc3cc(OC(=O)C(C)(C)C)ccc3C2)c(NC(=O)Cc2ccc(OCCN3CCCCC3)cc2)c1. The molecule has 1 saturated heterocycles. The highest BCUT2D eigenvalue weighted by Gasteiger charge is 2.26. The lowest BCUT2D eigenvalue weighted by atomic mass is 9.79. The van der Waals surface area contributed by atoms with Crippen LogP contribution in [0.1, 0.15) is 74.6 Å². The molecular formula is C37H46N2O5. The van der Waals surface area contributed by atoms with Crippen LogP contribution in [0.2, 0.25) is 0 Å². The molecule has 0 saturated carbocycles. The van der Waals surface area contributed by atoms with Gasteiger partial charge >= 0.3 is 5.97 Å². The van der Waals surface area contributed by atoms with Crippen molar-refractivity contribution in [2.75, 3.05) is 38.7 Å². The number of nitrogens with zero attached hydrogens (tertiary/aromatic N) is 1. The van der Waals surface area contributed by atoms with Crippen LogP contribution in [0.25, 0.3) is 0 Å². The van der Waals surface area contributed by atoms with Crippen molar-refractivity contribution >= 4 is 17.6 Å². The lowest BCUT2D eigenvalue weighted by Crippen LogP contribution is -2.33. The van der Waals surface area contributed by atoms with E-state index in [9.17, 15) is 9.59 Å². The van der Waals surface area contributed by atoms with Crippen molar-refractivity contribution in [3.8, 4) is 17.2 Å². The van der Waals surface area contributed by atoms with Crippen LogP contribution in [0.3, 0.4) is 0 Å². The fourth-order valence-electron chi connectivity index (χ4n) is 6.01. The summed E-state index contributed by atoms with van der Waals surface area (Å²) in [5.41, 5.74) is 4.72. The first kappa shape index (κ1) is 31.6. The summed E-state index contributed by atoms with van der Waals surface area (Å²) in [6.45, 7) is 9.52. The van der Waals surface area contributed by atoms with E-state index in [0.29, 0.717) is 18.1 Å². The number of fused-ring (bicyclic) bond motifs is 1. The molecule has 7 nitrogen and oxygen atoms in total. The van der Waals surface area contributed by atoms with Gasteiger partial charge in [0.15, 0.2) is 0 Å². The van der Waals surface area contributed by atoms with Crippen molar-refractivity contribution in [2.45, 2.75) is 71.6 Å². The molecule has 3 aromatic carbocycles. The number of likely N-dealkylation sites (tertiary alicyclic amines) is 1. The van der Waals surface area contributed by atoms with Gasteiger partial charge in [-0.1, -0.05) is 30.7 Å². The van der Waals surface area contributed by atoms with Crippen LogP contribution >= 0.6 is 0 Å². The summed E-state index contributed by atoms with van der Waals surface area (Å²) in [5, 5.41) is 3.17. The molecule has 1 amide bonds. The van der Waals surface area contributed by atoms with Gasteiger partial charge in [-0.05, 0) is 124 Å². The first-order valence-corrected chi connectivity index (χ1v) is 15.9. The Morgan fingerprint density at radius 3 is 2.34 bits per heavy atom. The van der Waals surface area contributed by atoms with Crippen LogP contribution in [-0.2, 0) is 28.9 Å². The number of rotatable bonds is 10. The van der Waals surface area contributed by atoms with Gasteiger partial charge in [-0.2, -0.15) is 0 Å². The molecule has 1 aliphatic heterocycles. The smallest absolute Gasteiger partial charge is 0.316 e. The van der Waals surface area contributed by atoms with E-state index in [2.05, 4.69) is 22.3 Å². The van der Waals surface area contributed by atoms with Crippen LogP contribution in [0.5, 0.6) is 17.2 Å². The third-order valence-corrected chi connectivity index (χ3v) is 8.62. The lowest BCUT2D eigenvalue weighted by molar-refractivity contribution is -0.143. The molecule has 0 radical (unpaired) electrons. The monoisotopic (exact) mass is 598 g/mol. The maximum absolute atomic E-state index is 13.2. The van der Waals surface area contributed by atoms with E-state index in [1.165, 1.54) is 30.4 Å². The second-order valence-electron chi connectivity index (χ2n) is 13.1. The number of aryl methyl sites for hydroxylation is 1. The number of hydrogen-bond donors (Lipinski definition) is 1. The molecule has 44 heavy (non-hydrogen) atoms. The van der Waals surface area contributed by atoms with Gasteiger partial charge < -0.3 is 19.5 Å². The second kappa shape index (κ2) is 14.3. The summed E-state index contributed by atoms with van der Waals surface area (Å²) >= 11 is 0. The quantitative estimate of drug-likeness (QED) is 0.201. The highest BCUT2D eigenvalue weighted by Crippen LogP contribution is 2.39. The van der Waals surface area contributed by atoms with Crippen LogP contribution in [0, 0.1) is 5.41 Å². The molecule has 1 heterocycles. The van der Waals surface area contributed by atoms with E-state index in [1.54, 1.807) is 7.11 Å². The van der Waals surface area contributed by atoms with Gasteiger partial charge in [-0.3, -0.25) is 14.5 Å². The molecule has 3 aromatic rings. The Bertz CT molecular complexity index is 1440. The van der Waals surface area contributed by atoms with E-state index in [-0.39, 0.29) is 24.2 Å². The predicted octanol–water partition coefficient (Wildman–Crippen LogP) is 6.97. The highest BCUT2D eigenvalue weighted by molar-refractivity contribution is 5.93. The van der Waals surface area contributed by atoms with E-state index < -0.39 is 5.41 Å². The minimum Gasteiger partial charge on any atom is -0.497 e. The van der Waals surface area contributed by atoms with Gasteiger partial charge in [0.1, 0.15) is 23.9 Å². The number of hydrogen-bond acceptors (Lipinski definition) is 6. The number of carbonyl (C=O) groups is 2. The summed E-state index contributed by atoms with van der Waals surface area (Å²) in [7, 11) is 1.64. The van der Waals surface area contributed by atoms with Gasteiger partial charge in [0.05, 0.1) is 18.9 Å². The fourth-order valence-corrected chi connectivity index (χ4v) is 6.01. The molecule has 0 spiro atoms. The van der Waals surface area contributed by atoms with Crippen LogP contribution in [0.15, 0.2) is 60.7 Å². The first-order chi connectivity index (χ1) is 21.2. The number of ether oxygens (including phenoxy) is 3. The lowest BCUT2D eigenvalue weighted by Gasteiger charge is -2.27. The minimum absolute atomic E-state index is 0.0696. The van der Waals surface area contributed by atoms with Gasteiger partial charge in [0, 0.05) is 18.3 Å². The standard InChI is InChI=1S/C37H46N2O5/c1-37(2,3)36(41)44-32-15-12-27-23-29(11-10-28(27)24-32)33-17-16-31(42-4)25-34(33)38-35(40)22-26-8-13-30(14-9-26)43-21-20-39-18-6-5-7-19-39/h8-9,12-17,24-25,29H,5-7,10-11,18-23H2,1-4H3,(H,38,40). The normalized spacial score (nSPS) is 17.0. The van der Waals surface area contributed by atoms with Crippen molar-refractivity contribution < 1.29 is 23.8 Å². The molecule has 234 valence electrons. The summed E-state index contributed by atoms with van der Waals surface area (Å²) in [5.74, 6) is 2.07. The summed E-state index contributed by atoms with van der Waals surface area (Å²) < 4.78 is 17.1. The molecule has 2 aliphatic rings. The zero-order chi connectivity index (χ0) is 31.1. The number of nitrogens with one attached hydrogen (secondary N) is 1. The molecular weight excluding hydrogens is 552 g/mol. The number of benzene rings is 3. The Morgan fingerprint density at radius 2 is 1.61 bits per heavy atom. The first-order valence-electron chi connectivity index (χ1n) is 15.9. The zero-order valence-corrected chi connectivity index (χ0v) is 26.6. The number of methoxy groups -OCH3 is 1. The third-order valence-electron chi connectivity index (χ3n) is 8.62. The van der Waals surface area contributed by atoms with Crippen molar-refractivity contribution in [2.24, 2.45) is 5.41 Å². The maximum atomic E-state index is 13.2. The number of piperidine rings is 1. The van der Waals surface area contributed by atoms with Crippen molar-refractivity contribution in [1.29, 1.82) is 0 Å². The van der Waals surface area contributed by atoms with Crippen molar-refractivity contribution in [1.82, 2.24) is 4.90 Å². The van der Waals surface area contributed by atoms with Gasteiger partial charge in [0.25, 0.3) is 0 Å². The molecule has 1 aliphatic carbocycles. The average Bonchev–Trinajstić information content (AvgIpc) is 3.01. The third kappa shape index (κ3) is 8.41. The van der Waals surface area contributed by atoms with Gasteiger partial charge in [-0.15, -0.1) is 0 Å². The van der Waals surface area contributed by atoms with Gasteiger partial charge in [0.2, 0.25) is 5.91 Å². The predicted molar refractivity (Wildman–Crippen MR) is 174 cm³/mol. The summed E-state index contributed by atoms with van der Waals surface area (Å²) in [6, 6.07) is 19.7. The molecule has 1 N–H and O–H groups in total. The number of esters is 1. The van der Waals surface area contributed by atoms with Crippen LogP contribution < -0.4 is 19.5 Å². The van der Waals surface area contributed by atoms with Gasteiger partial charge in [-0.25, -0.2) is 0 Å². The van der Waals surface area contributed by atoms with Crippen molar-refractivity contribution in [3.63, 3.8) is 0 Å². The van der Waals surface area contributed by atoms with E-state index in [4.69, 9.17) is 14.2 Å². The average molecular weight is 599 g/mol. The van der Waals surface area contributed by atoms with Crippen LogP contribution in [-0.4, -0.2) is 50.1 Å².